The third-order valence-electron chi connectivity index (χ3n) is 2.13. The molecule has 12 heavy (non-hydrogen) atoms. The Bertz CT molecular complexity index is 159. The van der Waals surface area contributed by atoms with Crippen molar-refractivity contribution in [2.24, 2.45) is 0 Å². The van der Waals surface area contributed by atoms with Crippen molar-refractivity contribution < 1.29 is 42.7 Å². The molecule has 1 atom stereocenters. The van der Waals surface area contributed by atoms with E-state index in [1.54, 1.807) is 0 Å². The van der Waals surface area contributed by atoms with Gasteiger partial charge in [-0.15, -0.1) is 0 Å². The van der Waals surface area contributed by atoms with Gasteiger partial charge in [-0.3, -0.25) is 4.21 Å². The van der Waals surface area contributed by atoms with Crippen molar-refractivity contribution >= 4 is 11.1 Å². The quantitative estimate of drug-likeness (QED) is 0.405. The van der Waals surface area contributed by atoms with Crippen molar-refractivity contribution in [2.45, 2.75) is 37.8 Å². The summed E-state index contributed by atoms with van der Waals surface area (Å²) in [6.07, 6.45) is 3.53. The van der Waals surface area contributed by atoms with Crippen LogP contribution in [0.3, 0.4) is 0 Å². The molecule has 0 spiro atoms. The predicted octanol–water partition coefficient (Wildman–Crippen LogP) is -1.46. The molecular weight excluding hydrogens is 190 g/mol. The van der Waals surface area contributed by atoms with Gasteiger partial charge < -0.3 is 4.55 Å². The van der Waals surface area contributed by atoms with Crippen molar-refractivity contribution in [3.05, 3.63) is 0 Å². The first-order valence-corrected chi connectivity index (χ1v) is 5.12. The molecule has 1 saturated carbocycles. The largest absolute Gasteiger partial charge is 1.00 e. The van der Waals surface area contributed by atoms with Crippen molar-refractivity contribution in [3.63, 3.8) is 0 Å². The van der Waals surface area contributed by atoms with Crippen LogP contribution in [0.4, 0.5) is 4.39 Å². The zero-order valence-electron chi connectivity index (χ0n) is 7.35. The minimum Gasteiger partial charge on any atom is -0.772 e. The number of alkyl halides is 1. The van der Waals surface area contributed by atoms with Crippen LogP contribution >= 0.6 is 0 Å². The van der Waals surface area contributed by atoms with Crippen LogP contribution in [0.25, 0.3) is 0 Å². The molecule has 1 rings (SSSR count). The Kier molecular flexibility index (Phi) is 6.20. The average molecular weight is 202 g/mol. The van der Waals surface area contributed by atoms with Gasteiger partial charge in [-0.2, -0.15) is 0 Å². The maximum Gasteiger partial charge on any atom is 1.00 e. The van der Waals surface area contributed by atoms with E-state index >= 15 is 0 Å². The second-order valence-corrected chi connectivity index (χ2v) is 4.06. The molecule has 0 aromatic carbocycles. The van der Waals surface area contributed by atoms with Crippen LogP contribution in [0, 0.1) is 0 Å². The maximum atomic E-state index is 13.4. The number of hydrogen-bond donors (Lipinski definition) is 0. The minimum atomic E-state index is -2.23. The summed E-state index contributed by atoms with van der Waals surface area (Å²) in [5.41, 5.74) is -1.41. The van der Waals surface area contributed by atoms with E-state index in [1.807, 2.05) is 0 Å². The summed E-state index contributed by atoms with van der Waals surface area (Å²) in [7, 11) is 0. The van der Waals surface area contributed by atoms with Crippen molar-refractivity contribution in [1.29, 1.82) is 0 Å². The van der Waals surface area contributed by atoms with Gasteiger partial charge in [-0.05, 0) is 12.8 Å². The van der Waals surface area contributed by atoms with Crippen LogP contribution in [0.15, 0.2) is 0 Å². The van der Waals surface area contributed by atoms with E-state index in [4.69, 9.17) is 0 Å². The van der Waals surface area contributed by atoms with Crippen molar-refractivity contribution in [2.75, 3.05) is 5.75 Å². The van der Waals surface area contributed by atoms with Crippen LogP contribution in [0.1, 0.15) is 32.1 Å². The van der Waals surface area contributed by atoms with E-state index in [2.05, 4.69) is 0 Å². The van der Waals surface area contributed by atoms with E-state index < -0.39 is 16.7 Å². The Morgan fingerprint density at radius 1 is 1.33 bits per heavy atom. The molecule has 66 valence electrons. The smallest absolute Gasteiger partial charge is 0.772 e. The molecular formula is C7H12FNaO2S. The molecule has 0 radical (unpaired) electrons. The summed E-state index contributed by atoms with van der Waals surface area (Å²) in [4.78, 5) is 0. The number of halogens is 1. The molecule has 2 nitrogen and oxygen atoms in total. The van der Waals surface area contributed by atoms with Gasteiger partial charge in [-0.1, -0.05) is 30.3 Å². The molecule has 1 fully saturated rings. The van der Waals surface area contributed by atoms with E-state index in [0.29, 0.717) is 12.8 Å². The van der Waals surface area contributed by atoms with Crippen molar-refractivity contribution in [1.82, 2.24) is 0 Å². The average Bonchev–Trinajstić information content (AvgIpc) is 1.85. The van der Waals surface area contributed by atoms with E-state index in [9.17, 15) is 13.2 Å². The van der Waals surface area contributed by atoms with Gasteiger partial charge >= 0.3 is 29.6 Å². The molecule has 0 aromatic rings. The normalized spacial score (nSPS) is 24.2. The van der Waals surface area contributed by atoms with Gasteiger partial charge in [0.05, 0.1) is 0 Å². The van der Waals surface area contributed by atoms with Gasteiger partial charge in [0.2, 0.25) is 0 Å². The fraction of sp³-hybridized carbons (Fsp3) is 1.00. The van der Waals surface area contributed by atoms with Gasteiger partial charge in [0.25, 0.3) is 0 Å². The Balaban J connectivity index is 0.00000121. The third kappa shape index (κ3) is 4.33. The fourth-order valence-electron chi connectivity index (χ4n) is 1.54. The summed E-state index contributed by atoms with van der Waals surface area (Å²) in [5.74, 6) is -0.312. The zero-order valence-corrected chi connectivity index (χ0v) is 10.2. The molecule has 1 unspecified atom stereocenters. The second kappa shape index (κ2) is 5.70. The molecule has 5 heteroatoms. The monoisotopic (exact) mass is 202 g/mol. The maximum absolute atomic E-state index is 13.4. The first-order chi connectivity index (χ1) is 5.12. The summed E-state index contributed by atoms with van der Waals surface area (Å²) in [6, 6.07) is 0. The number of hydrogen-bond acceptors (Lipinski definition) is 2. The van der Waals surface area contributed by atoms with Crippen LogP contribution in [0.2, 0.25) is 0 Å². The molecule has 0 aliphatic heterocycles. The summed E-state index contributed by atoms with van der Waals surface area (Å²) >= 11 is -2.23. The summed E-state index contributed by atoms with van der Waals surface area (Å²) in [6.45, 7) is 0. The van der Waals surface area contributed by atoms with Crippen LogP contribution in [-0.4, -0.2) is 20.2 Å². The molecule has 0 amide bonds. The standard InChI is InChI=1S/C7H13FO2S.Na/c8-7(6-11(9)10)4-2-1-3-5-7;/h1-6H2,(H,9,10);/q;+1/p-1. The first-order valence-electron chi connectivity index (χ1n) is 3.87. The van der Waals surface area contributed by atoms with Crippen LogP contribution in [-0.2, 0) is 11.1 Å². The van der Waals surface area contributed by atoms with E-state index in [1.165, 1.54) is 0 Å². The SMILES string of the molecule is O=S([O-])CC1(F)CCCCC1.[Na+]. The topological polar surface area (TPSA) is 40.1 Å². The Labute approximate surface area is 96.9 Å². The molecule has 0 heterocycles. The summed E-state index contributed by atoms with van der Waals surface area (Å²) in [5, 5.41) is 0. The Morgan fingerprint density at radius 3 is 2.25 bits per heavy atom. The molecule has 1 aliphatic rings. The van der Waals surface area contributed by atoms with Crippen LogP contribution < -0.4 is 29.6 Å². The Hall–Kier alpha value is 1.04. The molecule has 0 saturated heterocycles. The van der Waals surface area contributed by atoms with Gasteiger partial charge in [0, 0.05) is 5.75 Å². The fourth-order valence-corrected chi connectivity index (χ4v) is 2.25. The van der Waals surface area contributed by atoms with E-state index in [-0.39, 0.29) is 35.3 Å². The van der Waals surface area contributed by atoms with Crippen LogP contribution in [0.5, 0.6) is 0 Å². The molecule has 0 N–H and O–H groups in total. The Morgan fingerprint density at radius 2 is 1.83 bits per heavy atom. The van der Waals surface area contributed by atoms with Gasteiger partial charge in [-0.25, -0.2) is 4.39 Å². The second-order valence-electron chi connectivity index (χ2n) is 3.16. The molecule has 0 aromatic heterocycles. The zero-order chi connectivity index (χ0) is 8.32. The van der Waals surface area contributed by atoms with E-state index in [0.717, 1.165) is 19.3 Å². The first kappa shape index (κ1) is 13.0. The van der Waals surface area contributed by atoms with Crippen molar-refractivity contribution in [3.8, 4) is 0 Å². The van der Waals surface area contributed by atoms with Gasteiger partial charge in [0.15, 0.2) is 0 Å². The van der Waals surface area contributed by atoms with Gasteiger partial charge in [0.1, 0.15) is 5.67 Å². The predicted molar refractivity (Wildman–Crippen MR) is 40.7 cm³/mol. The summed E-state index contributed by atoms with van der Waals surface area (Å²) < 4.78 is 33.9. The molecule has 1 aliphatic carbocycles. The minimum absolute atomic E-state index is 0. The molecule has 0 bridgehead atoms. The third-order valence-corrected chi connectivity index (χ3v) is 2.88. The number of rotatable bonds is 2.